The first-order valence-electron chi connectivity index (χ1n) is 12.2. The number of carbonyl (C=O) groups is 3. The number of amides is 3. The highest BCUT2D eigenvalue weighted by atomic mass is 16.6. The summed E-state index contributed by atoms with van der Waals surface area (Å²) in [4.78, 5) is 57.6. The monoisotopic (exact) mass is 512 g/mol. The number of nitro benzene ring substituents is 1. The van der Waals surface area contributed by atoms with E-state index in [2.05, 4.69) is 4.98 Å². The van der Waals surface area contributed by atoms with Gasteiger partial charge in [-0.3, -0.25) is 24.5 Å². The van der Waals surface area contributed by atoms with E-state index in [4.69, 9.17) is 4.42 Å². The molecule has 1 saturated heterocycles. The van der Waals surface area contributed by atoms with Gasteiger partial charge in [-0.2, -0.15) is 0 Å². The summed E-state index contributed by atoms with van der Waals surface area (Å²) < 4.78 is 5.80. The molecule has 1 aliphatic rings. The minimum absolute atomic E-state index is 0.0842. The van der Waals surface area contributed by atoms with Crippen LogP contribution in [-0.2, 0) is 9.59 Å². The van der Waals surface area contributed by atoms with Crippen molar-refractivity contribution in [3.63, 3.8) is 0 Å². The molecule has 3 aromatic carbocycles. The molecule has 38 heavy (non-hydrogen) atoms. The predicted molar refractivity (Wildman–Crippen MR) is 139 cm³/mol. The Morgan fingerprint density at radius 1 is 1.13 bits per heavy atom. The first-order valence-corrected chi connectivity index (χ1v) is 12.2. The third kappa shape index (κ3) is 4.40. The summed E-state index contributed by atoms with van der Waals surface area (Å²) in [7, 11) is 0. The van der Waals surface area contributed by atoms with Crippen LogP contribution in [0.2, 0.25) is 0 Å². The van der Waals surface area contributed by atoms with Crippen molar-refractivity contribution in [1.29, 1.82) is 0 Å². The Hall–Kier alpha value is -4.86. The van der Waals surface area contributed by atoms with Crippen LogP contribution < -0.4 is 4.90 Å². The van der Waals surface area contributed by atoms with Gasteiger partial charge in [-0.15, -0.1) is 0 Å². The number of anilines is 1. The first kappa shape index (κ1) is 24.8. The SMILES string of the molecule is CCC(C)N(C(=O)c1cccc([N+](=O)[O-])c1)C1CC(=O)N(c2ccc(-c3nc4ccccc4o3)cc2)C1=O. The maximum atomic E-state index is 13.5. The highest BCUT2D eigenvalue weighted by Crippen LogP contribution is 2.31. The molecule has 0 spiro atoms. The van der Waals surface area contributed by atoms with Gasteiger partial charge < -0.3 is 9.32 Å². The van der Waals surface area contributed by atoms with E-state index in [0.29, 0.717) is 29.1 Å². The molecule has 0 bridgehead atoms. The molecule has 10 heteroatoms. The Balaban J connectivity index is 1.42. The van der Waals surface area contributed by atoms with Crippen LogP contribution in [0.1, 0.15) is 37.0 Å². The fraction of sp³-hybridized carbons (Fsp3) is 0.214. The largest absolute Gasteiger partial charge is 0.436 e. The normalized spacial score (nSPS) is 16.2. The van der Waals surface area contributed by atoms with Crippen molar-refractivity contribution in [2.45, 2.75) is 38.8 Å². The summed E-state index contributed by atoms with van der Waals surface area (Å²) in [6, 6.07) is 18.0. The summed E-state index contributed by atoms with van der Waals surface area (Å²) in [6.07, 6.45) is 0.342. The second-order valence-electron chi connectivity index (χ2n) is 9.10. The molecule has 0 N–H and O–H groups in total. The molecule has 10 nitrogen and oxygen atoms in total. The van der Waals surface area contributed by atoms with Gasteiger partial charge in [0.15, 0.2) is 5.58 Å². The standard InChI is InChI=1S/C28H24N4O6/c1-3-17(2)30(27(34)19-7-6-8-21(15-19)32(36)37)23-16-25(33)31(28(23)35)20-13-11-18(12-14-20)26-29-22-9-4-5-10-24(22)38-26/h4-15,17,23H,3,16H2,1-2H3. The van der Waals surface area contributed by atoms with Gasteiger partial charge in [-0.1, -0.05) is 25.1 Å². The van der Waals surface area contributed by atoms with Gasteiger partial charge in [0.25, 0.3) is 17.5 Å². The second kappa shape index (κ2) is 9.89. The third-order valence-corrected chi connectivity index (χ3v) is 6.73. The maximum absolute atomic E-state index is 13.5. The molecule has 1 aliphatic heterocycles. The smallest absolute Gasteiger partial charge is 0.270 e. The number of nitrogens with zero attached hydrogens (tertiary/aromatic N) is 4. The molecule has 0 saturated carbocycles. The highest BCUT2D eigenvalue weighted by molar-refractivity contribution is 6.23. The molecule has 192 valence electrons. The van der Waals surface area contributed by atoms with Crippen molar-refractivity contribution in [2.24, 2.45) is 0 Å². The van der Waals surface area contributed by atoms with Gasteiger partial charge in [0.05, 0.1) is 17.0 Å². The Morgan fingerprint density at radius 3 is 2.55 bits per heavy atom. The number of carbonyl (C=O) groups excluding carboxylic acids is 3. The van der Waals surface area contributed by atoms with Gasteiger partial charge in [0.1, 0.15) is 11.6 Å². The lowest BCUT2D eigenvalue weighted by molar-refractivity contribution is -0.384. The molecule has 2 unspecified atom stereocenters. The fourth-order valence-corrected chi connectivity index (χ4v) is 4.60. The number of para-hydroxylation sites is 2. The minimum atomic E-state index is -1.03. The van der Waals surface area contributed by atoms with Crippen molar-refractivity contribution >= 4 is 40.2 Å². The summed E-state index contributed by atoms with van der Waals surface area (Å²) in [5.41, 5.74) is 2.28. The zero-order chi connectivity index (χ0) is 27.0. The molecule has 0 radical (unpaired) electrons. The van der Waals surface area contributed by atoms with E-state index in [1.165, 1.54) is 29.2 Å². The molecule has 1 fully saturated rings. The lowest BCUT2D eigenvalue weighted by atomic mass is 10.1. The number of aromatic nitrogens is 1. The zero-order valence-corrected chi connectivity index (χ0v) is 20.7. The minimum Gasteiger partial charge on any atom is -0.436 e. The van der Waals surface area contributed by atoms with Crippen molar-refractivity contribution in [3.8, 4) is 11.5 Å². The van der Waals surface area contributed by atoms with Crippen molar-refractivity contribution in [3.05, 3.63) is 88.5 Å². The van der Waals surface area contributed by atoms with Crippen molar-refractivity contribution in [1.82, 2.24) is 9.88 Å². The van der Waals surface area contributed by atoms with Crippen LogP contribution in [0.3, 0.4) is 0 Å². The second-order valence-corrected chi connectivity index (χ2v) is 9.10. The molecule has 5 rings (SSSR count). The van der Waals surface area contributed by atoms with E-state index in [9.17, 15) is 24.5 Å². The zero-order valence-electron chi connectivity index (χ0n) is 20.7. The lowest BCUT2D eigenvalue weighted by Gasteiger charge is -2.33. The molecule has 2 atom stereocenters. The Morgan fingerprint density at radius 2 is 1.87 bits per heavy atom. The van der Waals surface area contributed by atoms with E-state index in [1.807, 2.05) is 31.2 Å². The van der Waals surface area contributed by atoms with E-state index < -0.39 is 28.7 Å². The number of fused-ring (bicyclic) bond motifs is 1. The van der Waals surface area contributed by atoms with Gasteiger partial charge in [-0.05, 0) is 55.8 Å². The topological polar surface area (TPSA) is 127 Å². The predicted octanol–water partition coefficient (Wildman–Crippen LogP) is 4.98. The summed E-state index contributed by atoms with van der Waals surface area (Å²) in [6.45, 7) is 3.65. The average molecular weight is 513 g/mol. The number of non-ortho nitro benzene ring substituents is 1. The van der Waals surface area contributed by atoms with Crippen LogP contribution in [-0.4, -0.2) is 44.6 Å². The summed E-state index contributed by atoms with van der Waals surface area (Å²) in [5, 5.41) is 11.2. The van der Waals surface area contributed by atoms with Crippen LogP contribution in [0.4, 0.5) is 11.4 Å². The quantitative estimate of drug-likeness (QED) is 0.194. The van der Waals surface area contributed by atoms with Crippen molar-refractivity contribution < 1.29 is 23.7 Å². The fourth-order valence-electron chi connectivity index (χ4n) is 4.60. The molecule has 2 heterocycles. The van der Waals surface area contributed by atoms with Crippen LogP contribution in [0, 0.1) is 10.1 Å². The maximum Gasteiger partial charge on any atom is 0.270 e. The van der Waals surface area contributed by atoms with Gasteiger partial charge >= 0.3 is 0 Å². The molecular formula is C28H24N4O6. The van der Waals surface area contributed by atoms with Gasteiger partial charge in [-0.25, -0.2) is 9.88 Å². The lowest BCUT2D eigenvalue weighted by Crippen LogP contribution is -2.49. The molecular weight excluding hydrogens is 488 g/mol. The van der Waals surface area contributed by atoms with Crippen LogP contribution in [0.25, 0.3) is 22.6 Å². The van der Waals surface area contributed by atoms with Crippen LogP contribution in [0.5, 0.6) is 0 Å². The number of oxazole rings is 1. The number of rotatable bonds is 7. The van der Waals surface area contributed by atoms with E-state index in [0.717, 1.165) is 10.4 Å². The Labute approximate surface area is 217 Å². The first-order chi connectivity index (χ1) is 18.3. The van der Waals surface area contributed by atoms with Crippen LogP contribution in [0.15, 0.2) is 77.2 Å². The Kier molecular flexibility index (Phi) is 6.46. The number of hydrogen-bond donors (Lipinski definition) is 0. The third-order valence-electron chi connectivity index (χ3n) is 6.73. The molecule has 1 aromatic heterocycles. The Bertz CT molecular complexity index is 1530. The van der Waals surface area contributed by atoms with E-state index >= 15 is 0 Å². The number of nitro groups is 1. The molecule has 4 aromatic rings. The number of imide groups is 1. The highest BCUT2D eigenvalue weighted by Gasteiger charge is 2.45. The summed E-state index contributed by atoms with van der Waals surface area (Å²) >= 11 is 0. The van der Waals surface area contributed by atoms with Gasteiger partial charge in [0, 0.05) is 29.3 Å². The average Bonchev–Trinajstić information content (AvgIpc) is 3.49. The van der Waals surface area contributed by atoms with Crippen molar-refractivity contribution in [2.75, 3.05) is 4.90 Å². The van der Waals surface area contributed by atoms with E-state index in [1.54, 1.807) is 31.2 Å². The number of benzene rings is 3. The summed E-state index contributed by atoms with van der Waals surface area (Å²) in [5.74, 6) is -1.08. The number of hydrogen-bond acceptors (Lipinski definition) is 7. The van der Waals surface area contributed by atoms with Gasteiger partial charge in [0.2, 0.25) is 11.8 Å². The molecule has 0 aliphatic carbocycles. The van der Waals surface area contributed by atoms with Crippen LogP contribution >= 0.6 is 0 Å². The molecule has 3 amide bonds. The van der Waals surface area contributed by atoms with E-state index in [-0.39, 0.29) is 23.7 Å².